The SMILES string of the molecule is N#CC1=CCOC=C1. The predicted octanol–water partition coefficient (Wildman–Crippen LogP) is 0.980. The summed E-state index contributed by atoms with van der Waals surface area (Å²) in [5, 5.41) is 8.27. The molecular formula is C6H5NO. The predicted molar refractivity (Wildman–Crippen MR) is 28.8 cm³/mol. The second-order valence-electron chi connectivity index (χ2n) is 1.41. The van der Waals surface area contributed by atoms with Crippen molar-refractivity contribution in [2.45, 2.75) is 0 Å². The summed E-state index contributed by atoms with van der Waals surface area (Å²) in [5.41, 5.74) is 0.677. The van der Waals surface area contributed by atoms with Gasteiger partial charge >= 0.3 is 0 Å². The maximum Gasteiger partial charge on any atom is 0.107 e. The van der Waals surface area contributed by atoms with Crippen LogP contribution in [0.1, 0.15) is 0 Å². The van der Waals surface area contributed by atoms with Crippen LogP contribution in [0.2, 0.25) is 0 Å². The second-order valence-corrected chi connectivity index (χ2v) is 1.41. The second kappa shape index (κ2) is 2.17. The van der Waals surface area contributed by atoms with Gasteiger partial charge in [0.05, 0.1) is 17.9 Å². The Morgan fingerprint density at radius 3 is 3.00 bits per heavy atom. The normalized spacial score (nSPS) is 16.1. The number of hydrogen-bond donors (Lipinski definition) is 0. The molecule has 0 amide bonds. The van der Waals surface area contributed by atoms with Crippen LogP contribution in [0.4, 0.5) is 0 Å². The maximum atomic E-state index is 8.27. The number of allylic oxidation sites excluding steroid dienone is 2. The average Bonchev–Trinajstić information content (AvgIpc) is 1.90. The standard InChI is InChI=1S/C6H5NO/c7-5-6-1-3-8-4-2-6/h1-3H,4H2. The van der Waals surface area contributed by atoms with E-state index in [0.29, 0.717) is 12.2 Å². The van der Waals surface area contributed by atoms with Gasteiger partial charge in [0, 0.05) is 0 Å². The molecule has 1 rings (SSSR count). The van der Waals surface area contributed by atoms with Crippen molar-refractivity contribution in [2.24, 2.45) is 0 Å². The topological polar surface area (TPSA) is 33.0 Å². The molecule has 0 spiro atoms. The van der Waals surface area contributed by atoms with E-state index in [0.717, 1.165) is 0 Å². The van der Waals surface area contributed by atoms with E-state index >= 15 is 0 Å². The monoisotopic (exact) mass is 107 g/mol. The lowest BCUT2D eigenvalue weighted by atomic mass is 10.2. The fraction of sp³-hybridized carbons (Fsp3) is 0.167. The van der Waals surface area contributed by atoms with Gasteiger partial charge in [-0.05, 0) is 12.2 Å². The van der Waals surface area contributed by atoms with Crippen LogP contribution in [-0.2, 0) is 4.74 Å². The molecule has 0 saturated carbocycles. The summed E-state index contributed by atoms with van der Waals surface area (Å²) in [6.45, 7) is 0.527. The van der Waals surface area contributed by atoms with E-state index in [-0.39, 0.29) is 0 Å². The van der Waals surface area contributed by atoms with Crippen LogP contribution < -0.4 is 0 Å². The Bertz CT molecular complexity index is 173. The molecule has 0 radical (unpaired) electrons. The lowest BCUT2D eigenvalue weighted by Gasteiger charge is -1.98. The molecular weight excluding hydrogens is 102 g/mol. The molecule has 2 nitrogen and oxygen atoms in total. The summed E-state index contributed by atoms with van der Waals surface area (Å²) < 4.78 is 4.79. The van der Waals surface area contributed by atoms with Crippen molar-refractivity contribution in [1.82, 2.24) is 0 Å². The average molecular weight is 107 g/mol. The molecule has 0 unspecified atom stereocenters. The summed E-state index contributed by atoms with van der Waals surface area (Å²) in [4.78, 5) is 0. The van der Waals surface area contributed by atoms with Crippen molar-refractivity contribution in [2.75, 3.05) is 6.61 Å². The Balaban J connectivity index is 2.68. The number of hydrogen-bond acceptors (Lipinski definition) is 2. The van der Waals surface area contributed by atoms with Crippen LogP contribution in [0.15, 0.2) is 24.0 Å². The lowest BCUT2D eigenvalue weighted by molar-refractivity contribution is 0.285. The third kappa shape index (κ3) is 0.881. The zero-order valence-corrected chi connectivity index (χ0v) is 4.29. The fourth-order valence-electron chi connectivity index (χ4n) is 0.466. The smallest absolute Gasteiger partial charge is 0.107 e. The highest BCUT2D eigenvalue weighted by atomic mass is 16.5. The highest BCUT2D eigenvalue weighted by molar-refractivity contribution is 5.33. The highest BCUT2D eigenvalue weighted by Crippen LogP contribution is 1.99. The molecule has 0 aliphatic carbocycles. The Morgan fingerprint density at radius 2 is 2.62 bits per heavy atom. The molecule has 1 heterocycles. The Hall–Kier alpha value is -1.23. The maximum absolute atomic E-state index is 8.27. The third-order valence-electron chi connectivity index (χ3n) is 0.872. The van der Waals surface area contributed by atoms with Crippen LogP contribution in [0.5, 0.6) is 0 Å². The van der Waals surface area contributed by atoms with Gasteiger partial charge in [-0.3, -0.25) is 0 Å². The zero-order valence-electron chi connectivity index (χ0n) is 4.29. The zero-order chi connectivity index (χ0) is 5.82. The van der Waals surface area contributed by atoms with Crippen LogP contribution >= 0.6 is 0 Å². The first-order chi connectivity index (χ1) is 3.93. The first kappa shape index (κ1) is 4.92. The molecule has 0 fully saturated rings. The molecule has 0 saturated heterocycles. The molecule has 0 aromatic rings. The van der Waals surface area contributed by atoms with Gasteiger partial charge < -0.3 is 4.74 Å². The lowest BCUT2D eigenvalue weighted by Crippen LogP contribution is -1.88. The summed E-state index contributed by atoms with van der Waals surface area (Å²) in [6.07, 6.45) is 4.90. The van der Waals surface area contributed by atoms with Crippen molar-refractivity contribution >= 4 is 0 Å². The number of rotatable bonds is 0. The largest absolute Gasteiger partial charge is 0.497 e. The van der Waals surface area contributed by atoms with Crippen molar-refractivity contribution in [3.8, 4) is 6.07 Å². The first-order valence-corrected chi connectivity index (χ1v) is 2.32. The van der Waals surface area contributed by atoms with Crippen LogP contribution in [0.3, 0.4) is 0 Å². The van der Waals surface area contributed by atoms with Crippen molar-refractivity contribution in [3.63, 3.8) is 0 Å². The first-order valence-electron chi connectivity index (χ1n) is 2.32. The van der Waals surface area contributed by atoms with E-state index in [1.807, 2.05) is 6.07 Å². The summed E-state index contributed by atoms with van der Waals surface area (Å²) in [6, 6.07) is 2.00. The van der Waals surface area contributed by atoms with Crippen LogP contribution in [-0.4, -0.2) is 6.61 Å². The highest BCUT2D eigenvalue weighted by Gasteiger charge is 1.91. The fourth-order valence-corrected chi connectivity index (χ4v) is 0.466. The summed E-state index contributed by atoms with van der Waals surface area (Å²) in [5.74, 6) is 0. The Kier molecular flexibility index (Phi) is 1.34. The van der Waals surface area contributed by atoms with E-state index in [1.54, 1.807) is 12.2 Å². The minimum absolute atomic E-state index is 0.527. The molecule has 40 valence electrons. The minimum Gasteiger partial charge on any atom is -0.497 e. The Labute approximate surface area is 47.7 Å². The number of nitriles is 1. The van der Waals surface area contributed by atoms with Crippen LogP contribution in [0, 0.1) is 11.3 Å². The van der Waals surface area contributed by atoms with E-state index < -0.39 is 0 Å². The summed E-state index contributed by atoms with van der Waals surface area (Å²) >= 11 is 0. The molecule has 1 aliphatic rings. The molecule has 0 N–H and O–H groups in total. The van der Waals surface area contributed by atoms with Gasteiger partial charge in [-0.15, -0.1) is 0 Å². The van der Waals surface area contributed by atoms with Crippen molar-refractivity contribution < 1.29 is 4.74 Å². The Morgan fingerprint density at radius 1 is 1.75 bits per heavy atom. The van der Waals surface area contributed by atoms with Gasteiger partial charge in [0.1, 0.15) is 6.61 Å². The van der Waals surface area contributed by atoms with Gasteiger partial charge in [-0.2, -0.15) is 5.26 Å². The molecule has 0 aromatic heterocycles. The number of nitrogens with zero attached hydrogens (tertiary/aromatic N) is 1. The molecule has 0 bridgehead atoms. The van der Waals surface area contributed by atoms with Crippen LogP contribution in [0.25, 0.3) is 0 Å². The number of ether oxygens (including phenoxy) is 1. The van der Waals surface area contributed by atoms with Gasteiger partial charge in [0.25, 0.3) is 0 Å². The van der Waals surface area contributed by atoms with E-state index in [1.165, 1.54) is 6.26 Å². The van der Waals surface area contributed by atoms with Gasteiger partial charge in [-0.25, -0.2) is 0 Å². The quantitative estimate of drug-likeness (QED) is 0.462. The summed E-state index contributed by atoms with van der Waals surface area (Å²) in [7, 11) is 0. The molecule has 0 atom stereocenters. The third-order valence-corrected chi connectivity index (χ3v) is 0.872. The van der Waals surface area contributed by atoms with Crippen molar-refractivity contribution in [1.29, 1.82) is 5.26 Å². The molecule has 2 heteroatoms. The van der Waals surface area contributed by atoms with Gasteiger partial charge in [0.2, 0.25) is 0 Å². The van der Waals surface area contributed by atoms with Gasteiger partial charge in [0.15, 0.2) is 0 Å². The van der Waals surface area contributed by atoms with Gasteiger partial charge in [-0.1, -0.05) is 0 Å². The molecule has 0 aromatic carbocycles. The molecule has 8 heavy (non-hydrogen) atoms. The van der Waals surface area contributed by atoms with E-state index in [9.17, 15) is 0 Å². The van der Waals surface area contributed by atoms with E-state index in [4.69, 9.17) is 10.00 Å². The van der Waals surface area contributed by atoms with Crippen molar-refractivity contribution in [3.05, 3.63) is 24.0 Å². The molecule has 1 aliphatic heterocycles. The van der Waals surface area contributed by atoms with E-state index in [2.05, 4.69) is 0 Å². The minimum atomic E-state index is 0.527.